The Balaban J connectivity index is 1.71. The second-order valence-corrected chi connectivity index (χ2v) is 5.29. The van der Waals surface area contributed by atoms with Crippen LogP contribution in [0, 0.1) is 0 Å². The molecule has 0 bridgehead atoms. The fraction of sp³-hybridized carbons (Fsp3) is 0.583. The van der Waals surface area contributed by atoms with Crippen molar-refractivity contribution in [2.45, 2.75) is 25.8 Å². The number of urea groups is 1. The van der Waals surface area contributed by atoms with E-state index in [1.807, 2.05) is 0 Å². The molecular weight excluding hydrogens is 280 g/mol. The van der Waals surface area contributed by atoms with Crippen molar-refractivity contribution in [1.82, 2.24) is 15.2 Å². The number of rotatable bonds is 3. The Morgan fingerprint density at radius 3 is 2.85 bits per heavy atom. The molecule has 1 aliphatic heterocycles. The van der Waals surface area contributed by atoms with Gasteiger partial charge in [-0.25, -0.2) is 14.6 Å². The third-order valence-electron chi connectivity index (χ3n) is 3.01. The van der Waals surface area contributed by atoms with Crippen LogP contribution in [0.5, 0.6) is 0 Å². The summed E-state index contributed by atoms with van der Waals surface area (Å²) in [6.45, 7) is 3.37. The van der Waals surface area contributed by atoms with Crippen LogP contribution in [0.25, 0.3) is 0 Å². The molecule has 3 amide bonds. The molecule has 2 rings (SSSR count). The van der Waals surface area contributed by atoms with Crippen LogP contribution >= 0.6 is 11.3 Å². The van der Waals surface area contributed by atoms with Gasteiger partial charge in [0, 0.05) is 30.7 Å². The van der Waals surface area contributed by atoms with Crippen LogP contribution in [0.15, 0.2) is 11.6 Å². The predicted octanol–water partition coefficient (Wildman–Crippen LogP) is 1.89. The lowest BCUT2D eigenvalue weighted by molar-refractivity contribution is 0.0959. The maximum Gasteiger partial charge on any atom is 0.409 e. The smallest absolute Gasteiger partial charge is 0.409 e. The number of carbonyl (C=O) groups is 2. The molecule has 0 spiro atoms. The zero-order valence-electron chi connectivity index (χ0n) is 11.3. The van der Waals surface area contributed by atoms with E-state index in [1.165, 1.54) is 11.3 Å². The average molecular weight is 298 g/mol. The van der Waals surface area contributed by atoms with E-state index in [0.29, 0.717) is 24.8 Å². The van der Waals surface area contributed by atoms with Crippen LogP contribution in [0.3, 0.4) is 0 Å². The first-order valence-electron chi connectivity index (χ1n) is 6.57. The number of anilines is 1. The van der Waals surface area contributed by atoms with E-state index in [4.69, 9.17) is 4.74 Å². The zero-order chi connectivity index (χ0) is 14.4. The number of aromatic nitrogens is 1. The summed E-state index contributed by atoms with van der Waals surface area (Å²) in [5.41, 5.74) is 0. The lowest BCUT2D eigenvalue weighted by Gasteiger charge is -2.31. The van der Waals surface area contributed by atoms with E-state index in [-0.39, 0.29) is 18.2 Å². The molecule has 1 aromatic heterocycles. The number of piperidine rings is 1. The van der Waals surface area contributed by atoms with Crippen LogP contribution in [0.1, 0.15) is 19.8 Å². The normalized spacial score (nSPS) is 15.8. The maximum absolute atomic E-state index is 11.7. The highest BCUT2D eigenvalue weighted by Gasteiger charge is 2.24. The van der Waals surface area contributed by atoms with Gasteiger partial charge in [-0.15, -0.1) is 11.3 Å². The summed E-state index contributed by atoms with van der Waals surface area (Å²) >= 11 is 1.37. The minimum absolute atomic E-state index is 0.0700. The monoisotopic (exact) mass is 298 g/mol. The van der Waals surface area contributed by atoms with Crippen molar-refractivity contribution in [1.29, 1.82) is 0 Å². The fourth-order valence-corrected chi connectivity index (χ4v) is 2.55. The summed E-state index contributed by atoms with van der Waals surface area (Å²) in [6.07, 6.45) is 2.81. The molecule has 7 nitrogen and oxygen atoms in total. The largest absolute Gasteiger partial charge is 0.450 e. The van der Waals surface area contributed by atoms with Gasteiger partial charge in [-0.2, -0.15) is 0 Å². The van der Waals surface area contributed by atoms with E-state index in [2.05, 4.69) is 15.6 Å². The Morgan fingerprint density at radius 1 is 1.50 bits per heavy atom. The molecular formula is C12H18N4O3S. The van der Waals surface area contributed by atoms with E-state index < -0.39 is 0 Å². The first-order chi connectivity index (χ1) is 9.69. The molecule has 0 radical (unpaired) electrons. The fourth-order valence-electron chi connectivity index (χ4n) is 2.02. The second kappa shape index (κ2) is 7.09. The standard InChI is InChI=1S/C12H18N4O3S/c1-2-19-12(18)16-6-3-9(4-7-16)14-10(17)15-11-13-5-8-20-11/h5,8-9H,2-4,6-7H2,1H3,(H2,13,14,15,17). The molecule has 1 fully saturated rings. The van der Waals surface area contributed by atoms with Gasteiger partial charge in [0.2, 0.25) is 0 Å². The van der Waals surface area contributed by atoms with E-state index >= 15 is 0 Å². The number of nitrogens with zero attached hydrogens (tertiary/aromatic N) is 2. The maximum atomic E-state index is 11.7. The van der Waals surface area contributed by atoms with Gasteiger partial charge < -0.3 is 15.0 Å². The van der Waals surface area contributed by atoms with Crippen molar-refractivity contribution in [3.05, 3.63) is 11.6 Å². The van der Waals surface area contributed by atoms with Gasteiger partial charge in [-0.3, -0.25) is 5.32 Å². The lowest BCUT2D eigenvalue weighted by atomic mass is 10.1. The summed E-state index contributed by atoms with van der Waals surface area (Å²) in [5, 5.41) is 7.94. The Morgan fingerprint density at radius 2 is 2.25 bits per heavy atom. The zero-order valence-corrected chi connectivity index (χ0v) is 12.1. The molecule has 0 aliphatic carbocycles. The van der Waals surface area contributed by atoms with Gasteiger partial charge in [0.1, 0.15) is 0 Å². The van der Waals surface area contributed by atoms with Crippen molar-refractivity contribution in [2.75, 3.05) is 25.0 Å². The summed E-state index contributed by atoms with van der Waals surface area (Å²) in [7, 11) is 0. The van der Waals surface area contributed by atoms with Crippen molar-refractivity contribution in [3.63, 3.8) is 0 Å². The van der Waals surface area contributed by atoms with Crippen molar-refractivity contribution >= 4 is 28.6 Å². The average Bonchev–Trinajstić information content (AvgIpc) is 2.92. The Hall–Kier alpha value is -1.83. The molecule has 0 unspecified atom stereocenters. The summed E-state index contributed by atoms with van der Waals surface area (Å²) in [4.78, 5) is 28.9. The highest BCUT2D eigenvalue weighted by molar-refractivity contribution is 7.13. The molecule has 1 aliphatic rings. The summed E-state index contributed by atoms with van der Waals surface area (Å²) < 4.78 is 4.95. The SMILES string of the molecule is CCOC(=O)N1CCC(NC(=O)Nc2nccs2)CC1. The molecule has 8 heteroatoms. The number of carbonyl (C=O) groups excluding carboxylic acids is 2. The van der Waals surface area contributed by atoms with Gasteiger partial charge in [-0.05, 0) is 19.8 Å². The van der Waals surface area contributed by atoms with E-state index in [9.17, 15) is 9.59 Å². The highest BCUT2D eigenvalue weighted by Crippen LogP contribution is 2.13. The van der Waals surface area contributed by atoms with Crippen LogP contribution in [-0.2, 0) is 4.74 Å². The molecule has 0 aromatic carbocycles. The number of thiazole rings is 1. The molecule has 1 aromatic rings. The van der Waals surface area contributed by atoms with Gasteiger partial charge in [0.25, 0.3) is 0 Å². The minimum atomic E-state index is -0.279. The minimum Gasteiger partial charge on any atom is -0.450 e. The quantitative estimate of drug-likeness (QED) is 0.892. The van der Waals surface area contributed by atoms with Crippen LogP contribution in [-0.4, -0.2) is 47.7 Å². The molecule has 0 atom stereocenters. The Bertz CT molecular complexity index is 444. The molecule has 2 heterocycles. The second-order valence-electron chi connectivity index (χ2n) is 4.40. The molecule has 110 valence electrons. The number of hydrogen-bond donors (Lipinski definition) is 2. The summed E-state index contributed by atoms with van der Waals surface area (Å²) in [5.74, 6) is 0. The molecule has 20 heavy (non-hydrogen) atoms. The van der Waals surface area contributed by atoms with Gasteiger partial charge in [0.15, 0.2) is 5.13 Å². The third kappa shape index (κ3) is 4.09. The topological polar surface area (TPSA) is 83.6 Å². The Kier molecular flexibility index (Phi) is 5.16. The van der Waals surface area contributed by atoms with Gasteiger partial charge in [-0.1, -0.05) is 0 Å². The van der Waals surface area contributed by atoms with E-state index in [0.717, 1.165) is 12.8 Å². The van der Waals surface area contributed by atoms with Crippen molar-refractivity contribution < 1.29 is 14.3 Å². The summed E-state index contributed by atoms with van der Waals surface area (Å²) in [6, 6.07) is -0.185. The van der Waals surface area contributed by atoms with Crippen LogP contribution in [0.4, 0.5) is 14.7 Å². The van der Waals surface area contributed by atoms with Crippen LogP contribution < -0.4 is 10.6 Å². The number of ether oxygens (including phenoxy) is 1. The van der Waals surface area contributed by atoms with Crippen molar-refractivity contribution in [2.24, 2.45) is 0 Å². The first kappa shape index (κ1) is 14.6. The predicted molar refractivity (Wildman–Crippen MR) is 75.9 cm³/mol. The van der Waals surface area contributed by atoms with Crippen LogP contribution in [0.2, 0.25) is 0 Å². The Labute approximate surface area is 121 Å². The molecule has 1 saturated heterocycles. The lowest BCUT2D eigenvalue weighted by Crippen LogP contribution is -2.47. The molecule has 0 saturated carbocycles. The number of likely N-dealkylation sites (tertiary alicyclic amines) is 1. The number of amides is 3. The molecule has 2 N–H and O–H groups in total. The third-order valence-corrected chi connectivity index (χ3v) is 3.70. The van der Waals surface area contributed by atoms with E-state index in [1.54, 1.807) is 23.4 Å². The highest BCUT2D eigenvalue weighted by atomic mass is 32.1. The van der Waals surface area contributed by atoms with Gasteiger partial charge in [0.05, 0.1) is 6.61 Å². The first-order valence-corrected chi connectivity index (χ1v) is 7.45. The number of nitrogens with one attached hydrogen (secondary N) is 2. The number of hydrogen-bond acceptors (Lipinski definition) is 5. The van der Waals surface area contributed by atoms with Gasteiger partial charge >= 0.3 is 12.1 Å². The van der Waals surface area contributed by atoms with Crippen molar-refractivity contribution in [3.8, 4) is 0 Å².